The van der Waals surface area contributed by atoms with Crippen molar-refractivity contribution in [2.75, 3.05) is 5.75 Å². The van der Waals surface area contributed by atoms with Crippen molar-refractivity contribution in [1.82, 2.24) is 0 Å². The van der Waals surface area contributed by atoms with Gasteiger partial charge in [0.05, 0.1) is 11.9 Å². The van der Waals surface area contributed by atoms with E-state index in [2.05, 4.69) is 6.92 Å². The molecule has 0 saturated carbocycles. The number of hydrogen-bond acceptors (Lipinski definition) is 3. The van der Waals surface area contributed by atoms with E-state index >= 15 is 0 Å². The maximum Gasteiger partial charge on any atom is 0.264 e. The number of aliphatic hydroxyl groups excluding tert-OH is 1. The van der Waals surface area contributed by atoms with Gasteiger partial charge in [0.1, 0.15) is 0 Å². The molecule has 0 fully saturated rings. The molecule has 152 valence electrons. The summed E-state index contributed by atoms with van der Waals surface area (Å²) in [4.78, 5) is 0. The fraction of sp³-hybridized carbons (Fsp3) is 1.00. The second-order valence-corrected chi connectivity index (χ2v) is 9.04. The van der Waals surface area contributed by atoms with Gasteiger partial charge in [-0.1, -0.05) is 96.8 Å². The summed E-state index contributed by atoms with van der Waals surface area (Å²) < 4.78 is 29.8. The summed E-state index contributed by atoms with van der Waals surface area (Å²) in [5, 5.41) is 9.97. The van der Waals surface area contributed by atoms with E-state index in [1.54, 1.807) is 0 Å². The van der Waals surface area contributed by atoms with Gasteiger partial charge in [-0.05, 0) is 19.3 Å². The molecule has 0 aromatic carbocycles. The zero-order valence-corrected chi connectivity index (χ0v) is 17.2. The third-order valence-corrected chi connectivity index (χ3v) is 5.64. The Hall–Kier alpha value is -0.130. The lowest BCUT2D eigenvalue weighted by Crippen LogP contribution is -2.06. The lowest BCUT2D eigenvalue weighted by molar-refractivity contribution is 0.147. The van der Waals surface area contributed by atoms with E-state index in [4.69, 9.17) is 4.55 Å². The van der Waals surface area contributed by atoms with Crippen molar-refractivity contribution in [2.24, 2.45) is 0 Å². The van der Waals surface area contributed by atoms with Crippen molar-refractivity contribution in [2.45, 2.75) is 122 Å². The number of aliphatic hydroxyl groups is 1. The van der Waals surface area contributed by atoms with Crippen LogP contribution in [0.5, 0.6) is 0 Å². The molecule has 4 nitrogen and oxygen atoms in total. The molecule has 1 atom stereocenters. The van der Waals surface area contributed by atoms with E-state index < -0.39 is 10.1 Å². The van der Waals surface area contributed by atoms with Crippen molar-refractivity contribution in [3.05, 3.63) is 0 Å². The molecule has 0 spiro atoms. The van der Waals surface area contributed by atoms with Gasteiger partial charge in [-0.2, -0.15) is 8.42 Å². The van der Waals surface area contributed by atoms with E-state index in [-0.39, 0.29) is 11.9 Å². The SMILES string of the molecule is CCCCCCCCCCCCC(O)CCCCCCCS(=O)(=O)O. The van der Waals surface area contributed by atoms with Crippen LogP contribution < -0.4 is 0 Å². The zero-order chi connectivity index (χ0) is 18.8. The van der Waals surface area contributed by atoms with Gasteiger partial charge >= 0.3 is 0 Å². The van der Waals surface area contributed by atoms with Gasteiger partial charge in [0.2, 0.25) is 0 Å². The fourth-order valence-corrected chi connectivity index (χ4v) is 3.78. The smallest absolute Gasteiger partial charge is 0.264 e. The number of hydrogen-bond donors (Lipinski definition) is 2. The molecule has 0 saturated heterocycles. The second kappa shape index (κ2) is 17.3. The number of rotatable bonds is 19. The zero-order valence-electron chi connectivity index (χ0n) is 16.4. The van der Waals surface area contributed by atoms with Crippen LogP contribution in [0.4, 0.5) is 0 Å². The Bertz CT molecular complexity index is 368. The lowest BCUT2D eigenvalue weighted by Gasteiger charge is -2.10. The molecule has 5 heteroatoms. The van der Waals surface area contributed by atoms with Crippen LogP contribution in [0.2, 0.25) is 0 Å². The first-order valence-electron chi connectivity index (χ1n) is 10.6. The molecular formula is C20H42O4S. The first kappa shape index (κ1) is 24.9. The topological polar surface area (TPSA) is 74.6 Å². The molecule has 0 aliphatic rings. The largest absolute Gasteiger partial charge is 0.393 e. The van der Waals surface area contributed by atoms with Crippen LogP contribution in [-0.2, 0) is 10.1 Å². The average molecular weight is 379 g/mol. The lowest BCUT2D eigenvalue weighted by atomic mass is 10.0. The highest BCUT2D eigenvalue weighted by atomic mass is 32.2. The van der Waals surface area contributed by atoms with Crippen LogP contribution in [0, 0.1) is 0 Å². The second-order valence-electron chi connectivity index (χ2n) is 7.47. The first-order chi connectivity index (χ1) is 12.0. The van der Waals surface area contributed by atoms with Crippen molar-refractivity contribution in [3.8, 4) is 0 Å². The Kier molecular flexibility index (Phi) is 17.2. The molecule has 0 aliphatic carbocycles. The van der Waals surface area contributed by atoms with Crippen LogP contribution in [0.25, 0.3) is 0 Å². The Morgan fingerprint density at radius 2 is 1.00 bits per heavy atom. The van der Waals surface area contributed by atoms with Crippen molar-refractivity contribution < 1.29 is 18.1 Å². The Balaban J connectivity index is 3.22. The van der Waals surface area contributed by atoms with Gasteiger partial charge in [-0.15, -0.1) is 0 Å². The molecule has 0 radical (unpaired) electrons. The highest BCUT2D eigenvalue weighted by molar-refractivity contribution is 7.85. The summed E-state index contributed by atoms with van der Waals surface area (Å²) in [6.07, 6.45) is 19.2. The highest BCUT2D eigenvalue weighted by Gasteiger charge is 2.05. The van der Waals surface area contributed by atoms with Crippen molar-refractivity contribution >= 4 is 10.1 Å². The summed E-state index contributed by atoms with van der Waals surface area (Å²) >= 11 is 0. The Labute approximate surface area is 156 Å². The minimum atomic E-state index is -3.79. The summed E-state index contributed by atoms with van der Waals surface area (Å²) in [5.74, 6) is -0.131. The maximum atomic E-state index is 10.6. The molecular weight excluding hydrogens is 336 g/mol. The van der Waals surface area contributed by atoms with Gasteiger partial charge < -0.3 is 5.11 Å². The van der Waals surface area contributed by atoms with Crippen molar-refractivity contribution in [1.29, 1.82) is 0 Å². The summed E-state index contributed by atoms with van der Waals surface area (Å²) in [6, 6.07) is 0. The predicted octanol–water partition coefficient (Wildman–Crippen LogP) is 5.89. The van der Waals surface area contributed by atoms with Crippen LogP contribution in [0.1, 0.15) is 116 Å². The molecule has 0 bridgehead atoms. The van der Waals surface area contributed by atoms with Gasteiger partial charge in [-0.25, -0.2) is 0 Å². The van der Waals surface area contributed by atoms with Crippen LogP contribution in [-0.4, -0.2) is 29.9 Å². The molecule has 0 aliphatic heterocycles. The van der Waals surface area contributed by atoms with Gasteiger partial charge in [-0.3, -0.25) is 4.55 Å². The van der Waals surface area contributed by atoms with Gasteiger partial charge in [0.25, 0.3) is 10.1 Å². The molecule has 0 amide bonds. The van der Waals surface area contributed by atoms with Crippen LogP contribution >= 0.6 is 0 Å². The van der Waals surface area contributed by atoms with Gasteiger partial charge in [0, 0.05) is 0 Å². The van der Waals surface area contributed by atoms with E-state index in [0.29, 0.717) is 6.42 Å². The Morgan fingerprint density at radius 1 is 0.640 bits per heavy atom. The summed E-state index contributed by atoms with van der Waals surface area (Å²) in [6.45, 7) is 2.25. The predicted molar refractivity (Wildman–Crippen MR) is 107 cm³/mol. The quantitative estimate of drug-likeness (QED) is 0.217. The number of unbranched alkanes of at least 4 members (excludes halogenated alkanes) is 13. The average Bonchev–Trinajstić information content (AvgIpc) is 2.54. The molecule has 0 heterocycles. The standard InChI is InChI=1S/C20H42O4S/c1-2-3-4-5-6-7-8-9-11-14-17-20(21)18-15-12-10-13-16-19-25(22,23)24/h20-21H,2-19H2,1H3,(H,22,23,24). The molecule has 1 unspecified atom stereocenters. The van der Waals surface area contributed by atoms with Crippen LogP contribution in [0.15, 0.2) is 0 Å². The first-order valence-corrected chi connectivity index (χ1v) is 12.2. The highest BCUT2D eigenvalue weighted by Crippen LogP contribution is 2.15. The monoisotopic (exact) mass is 378 g/mol. The van der Waals surface area contributed by atoms with Crippen molar-refractivity contribution in [3.63, 3.8) is 0 Å². The fourth-order valence-electron chi connectivity index (χ4n) is 3.21. The molecule has 0 aromatic heterocycles. The third-order valence-electron chi connectivity index (χ3n) is 4.83. The van der Waals surface area contributed by atoms with Crippen LogP contribution in [0.3, 0.4) is 0 Å². The van der Waals surface area contributed by atoms with E-state index in [1.807, 2.05) is 0 Å². The molecule has 25 heavy (non-hydrogen) atoms. The maximum absolute atomic E-state index is 10.6. The normalized spacial score (nSPS) is 13.2. The molecule has 2 N–H and O–H groups in total. The van der Waals surface area contributed by atoms with E-state index in [9.17, 15) is 13.5 Å². The summed E-state index contributed by atoms with van der Waals surface area (Å²) in [7, 11) is -3.79. The minimum Gasteiger partial charge on any atom is -0.393 e. The Morgan fingerprint density at radius 3 is 1.40 bits per heavy atom. The van der Waals surface area contributed by atoms with E-state index in [1.165, 1.54) is 57.8 Å². The minimum absolute atomic E-state index is 0.131. The van der Waals surface area contributed by atoms with Gasteiger partial charge in [0.15, 0.2) is 0 Å². The third kappa shape index (κ3) is 21.8. The van der Waals surface area contributed by atoms with E-state index in [0.717, 1.165) is 44.9 Å². The summed E-state index contributed by atoms with van der Waals surface area (Å²) in [5.41, 5.74) is 0. The molecule has 0 rings (SSSR count). The molecule has 0 aromatic rings.